The van der Waals surface area contributed by atoms with E-state index in [1.54, 1.807) is 6.08 Å². The van der Waals surface area contributed by atoms with Gasteiger partial charge in [-0.05, 0) is 96.1 Å². The van der Waals surface area contributed by atoms with Crippen LogP contribution < -0.4 is 5.32 Å². The maximum atomic E-state index is 4.52. The van der Waals surface area contributed by atoms with E-state index in [1.165, 1.54) is 33.4 Å². The zero-order valence-corrected chi connectivity index (χ0v) is 25.6. The van der Waals surface area contributed by atoms with Crippen LogP contribution in [0.3, 0.4) is 0 Å². The Balaban J connectivity index is 0.00000237. The molecular formula is C40H44N2. The lowest BCUT2D eigenvalue weighted by Gasteiger charge is -2.24. The number of rotatable bonds is 12. The first-order valence-corrected chi connectivity index (χ1v) is 14.7. The lowest BCUT2D eigenvalue weighted by atomic mass is 9.87. The number of hydrogen-bond donors (Lipinski definition) is 1. The molecule has 0 saturated carbocycles. The third-order valence-corrected chi connectivity index (χ3v) is 6.99. The van der Waals surface area contributed by atoms with E-state index in [-0.39, 0.29) is 12.2 Å². The number of benzene rings is 4. The summed E-state index contributed by atoms with van der Waals surface area (Å²) in [6, 6.07) is 34.3. The van der Waals surface area contributed by atoms with Gasteiger partial charge in [-0.2, -0.15) is 0 Å². The Labute approximate surface area is 253 Å². The smallest absolute Gasteiger partial charge is 0.125 e. The summed E-state index contributed by atoms with van der Waals surface area (Å²) in [5.41, 5.74) is 14.0. The Hall–Kier alpha value is -4.49. The van der Waals surface area contributed by atoms with Crippen molar-refractivity contribution in [1.29, 1.82) is 0 Å². The number of hydrogen-bond acceptors (Lipinski definition) is 2. The second-order valence-electron chi connectivity index (χ2n) is 10.1. The molecule has 0 aromatic heterocycles. The summed E-state index contributed by atoms with van der Waals surface area (Å²) in [4.78, 5) is 4.52. The molecule has 4 aromatic rings. The molecule has 0 saturated heterocycles. The molecule has 2 heteroatoms. The van der Waals surface area contributed by atoms with Crippen LogP contribution in [-0.4, -0.2) is 6.72 Å². The van der Waals surface area contributed by atoms with Gasteiger partial charge in [0.05, 0.1) is 0 Å². The first-order chi connectivity index (χ1) is 20.5. The van der Waals surface area contributed by atoms with Crippen LogP contribution in [0.5, 0.6) is 0 Å². The molecule has 0 aliphatic rings. The number of nitrogens with zero attached hydrogens (tertiary/aromatic N) is 1. The van der Waals surface area contributed by atoms with Crippen molar-refractivity contribution in [2.24, 2.45) is 4.99 Å². The molecule has 0 heterocycles. The fraction of sp³-hybridized carbons (Fsp3) is 0.200. The predicted octanol–water partition coefficient (Wildman–Crippen LogP) is 10.8. The topological polar surface area (TPSA) is 24.4 Å². The van der Waals surface area contributed by atoms with Crippen LogP contribution in [0.15, 0.2) is 145 Å². The van der Waals surface area contributed by atoms with Crippen LogP contribution in [0.4, 0.5) is 0 Å². The molecule has 42 heavy (non-hydrogen) atoms. The molecule has 0 fully saturated rings. The lowest BCUT2D eigenvalue weighted by molar-refractivity contribution is 0.459. The molecule has 2 unspecified atom stereocenters. The van der Waals surface area contributed by atoms with E-state index >= 15 is 0 Å². The van der Waals surface area contributed by atoms with E-state index in [4.69, 9.17) is 0 Å². The van der Waals surface area contributed by atoms with Crippen molar-refractivity contribution >= 4 is 6.72 Å². The van der Waals surface area contributed by atoms with Gasteiger partial charge >= 0.3 is 0 Å². The summed E-state index contributed by atoms with van der Waals surface area (Å²) in [6.45, 7) is 20.1. The minimum absolute atomic E-state index is 0.0506. The van der Waals surface area contributed by atoms with Crippen molar-refractivity contribution in [2.45, 2.75) is 52.7 Å². The summed E-state index contributed by atoms with van der Waals surface area (Å²) in [5, 5.41) is 3.73. The Morgan fingerprint density at radius 2 is 1.55 bits per heavy atom. The molecule has 4 aromatic carbocycles. The highest BCUT2D eigenvalue weighted by Gasteiger charge is 2.19. The molecule has 4 rings (SSSR count). The van der Waals surface area contributed by atoms with Gasteiger partial charge in [-0.15, -0.1) is 5.73 Å². The van der Waals surface area contributed by atoms with E-state index in [9.17, 15) is 0 Å². The molecule has 0 amide bonds. The van der Waals surface area contributed by atoms with Crippen molar-refractivity contribution in [1.82, 2.24) is 5.32 Å². The third-order valence-electron chi connectivity index (χ3n) is 6.99. The van der Waals surface area contributed by atoms with Gasteiger partial charge in [-0.25, -0.2) is 0 Å². The van der Waals surface area contributed by atoms with Gasteiger partial charge in [0.15, 0.2) is 0 Å². The van der Waals surface area contributed by atoms with E-state index in [2.05, 4.69) is 141 Å². The van der Waals surface area contributed by atoms with Gasteiger partial charge in [0.25, 0.3) is 0 Å². The highest BCUT2D eigenvalue weighted by molar-refractivity contribution is 5.87. The normalized spacial score (nSPS) is 11.6. The summed E-state index contributed by atoms with van der Waals surface area (Å²) in [5.74, 6) is 0. The van der Waals surface area contributed by atoms with Crippen LogP contribution >= 0.6 is 0 Å². The first kappa shape index (κ1) is 32.0. The molecule has 0 aliphatic heterocycles. The van der Waals surface area contributed by atoms with Crippen LogP contribution in [0, 0.1) is 6.92 Å². The summed E-state index contributed by atoms with van der Waals surface area (Å²) in [6.07, 6.45) is 6.94. The molecular weight excluding hydrogens is 508 g/mol. The largest absolute Gasteiger partial charge is 0.285 e. The maximum absolute atomic E-state index is 4.52. The quantitative estimate of drug-likeness (QED) is 0.0804. The van der Waals surface area contributed by atoms with Gasteiger partial charge in [-0.3, -0.25) is 10.3 Å². The highest BCUT2D eigenvalue weighted by atomic mass is 15.1. The average Bonchev–Trinajstić information content (AvgIpc) is 3.02. The Bertz CT molecular complexity index is 1540. The minimum atomic E-state index is -0.272. The van der Waals surface area contributed by atoms with Crippen molar-refractivity contribution in [2.75, 3.05) is 0 Å². The number of aliphatic imine (C=N–C) groups is 1. The summed E-state index contributed by atoms with van der Waals surface area (Å²) < 4.78 is 0. The maximum Gasteiger partial charge on any atom is 0.125 e. The van der Waals surface area contributed by atoms with Gasteiger partial charge in [-0.1, -0.05) is 130 Å². The number of nitrogens with one attached hydrogen (secondary N) is 1. The molecule has 0 spiro atoms. The first-order valence-electron chi connectivity index (χ1n) is 14.7. The van der Waals surface area contributed by atoms with E-state index in [1.807, 2.05) is 32.1 Å². The molecule has 214 valence electrons. The van der Waals surface area contributed by atoms with Crippen molar-refractivity contribution in [3.8, 4) is 22.3 Å². The van der Waals surface area contributed by atoms with Gasteiger partial charge < -0.3 is 0 Å². The highest BCUT2D eigenvalue weighted by Crippen LogP contribution is 2.38. The summed E-state index contributed by atoms with van der Waals surface area (Å²) in [7, 11) is 0. The summed E-state index contributed by atoms with van der Waals surface area (Å²) >= 11 is 0. The molecule has 1 N–H and O–H groups in total. The van der Waals surface area contributed by atoms with Crippen molar-refractivity contribution in [3.63, 3.8) is 0 Å². The lowest BCUT2D eigenvalue weighted by Crippen LogP contribution is -2.25. The SMILES string of the molecule is C=CC=C=CCC(NC(N=C)c1cccc(-c2cccc(C)c2-c2ccccc2CC(=C)C)c1)c1ccccc1.CC. The Morgan fingerprint density at radius 3 is 2.26 bits per heavy atom. The average molecular weight is 553 g/mol. The second kappa shape index (κ2) is 16.7. The Morgan fingerprint density at radius 1 is 0.881 bits per heavy atom. The zero-order valence-electron chi connectivity index (χ0n) is 25.6. The number of allylic oxidation sites excluding steroid dienone is 2. The van der Waals surface area contributed by atoms with Crippen LogP contribution in [-0.2, 0) is 6.42 Å². The van der Waals surface area contributed by atoms with E-state index in [0.29, 0.717) is 0 Å². The predicted molar refractivity (Wildman–Crippen MR) is 184 cm³/mol. The minimum Gasteiger partial charge on any atom is -0.285 e. The molecule has 2 nitrogen and oxygen atoms in total. The zero-order chi connectivity index (χ0) is 30.3. The van der Waals surface area contributed by atoms with Crippen molar-refractivity contribution < 1.29 is 0 Å². The second-order valence-corrected chi connectivity index (χ2v) is 10.1. The van der Waals surface area contributed by atoms with Gasteiger partial charge in [0.2, 0.25) is 0 Å². The van der Waals surface area contributed by atoms with Crippen LogP contribution in [0.25, 0.3) is 22.3 Å². The van der Waals surface area contributed by atoms with Gasteiger partial charge in [0.1, 0.15) is 6.17 Å². The number of aryl methyl sites for hydroxylation is 1. The molecule has 2 atom stereocenters. The fourth-order valence-corrected chi connectivity index (χ4v) is 5.14. The van der Waals surface area contributed by atoms with Crippen LogP contribution in [0.1, 0.15) is 61.7 Å². The monoisotopic (exact) mass is 552 g/mol. The Kier molecular flexibility index (Phi) is 12.7. The molecule has 0 radical (unpaired) electrons. The van der Waals surface area contributed by atoms with E-state index < -0.39 is 0 Å². The standard InChI is InChI=1S/C38H38N2.C2H6/c1-6-7-8-12-25-36(30-18-10-9-11-19-30)40-38(39-5)33-22-16-21-32(27-33)35-24-15-17-29(4)37(35)34-23-14-13-20-31(34)26-28(2)3;1-2/h6-7,9-24,27,36,38,40H,1-2,5,25-26H2,3-4H3;1-2H3. The molecule has 0 bridgehead atoms. The van der Waals surface area contributed by atoms with Crippen LogP contribution in [0.2, 0.25) is 0 Å². The van der Waals surface area contributed by atoms with Crippen molar-refractivity contribution in [3.05, 3.63) is 162 Å². The van der Waals surface area contributed by atoms with Gasteiger partial charge in [0, 0.05) is 6.04 Å². The fourth-order valence-electron chi connectivity index (χ4n) is 5.14. The third kappa shape index (κ3) is 8.51. The van der Waals surface area contributed by atoms with E-state index in [0.717, 1.165) is 29.5 Å². The molecule has 0 aliphatic carbocycles.